The summed E-state index contributed by atoms with van der Waals surface area (Å²) >= 11 is 11.2. The van der Waals surface area contributed by atoms with Gasteiger partial charge in [-0.2, -0.15) is 0 Å². The van der Waals surface area contributed by atoms with E-state index in [9.17, 15) is 0 Å². The van der Waals surface area contributed by atoms with Crippen LogP contribution < -0.4 is 20.7 Å². The van der Waals surface area contributed by atoms with Gasteiger partial charge in [-0.1, -0.05) is 0 Å². The van der Waals surface area contributed by atoms with Crippen LogP contribution in [-0.2, 0) is 6.16 Å². The molecule has 0 heterocycles. The van der Waals surface area contributed by atoms with Gasteiger partial charge in [0.1, 0.15) is 0 Å². The summed E-state index contributed by atoms with van der Waals surface area (Å²) in [6.07, 6.45) is 0.873. The minimum absolute atomic E-state index is 0.0757. The van der Waals surface area contributed by atoms with E-state index in [-0.39, 0.29) is 6.10 Å². The number of benzene rings is 4. The topological polar surface area (TPSA) is 9.23 Å². The first-order valence-electron chi connectivity index (χ1n) is 10.8. The van der Waals surface area contributed by atoms with Crippen molar-refractivity contribution in [2.75, 3.05) is 0 Å². The number of hydrogen-bond acceptors (Lipinski definition) is 1. The molecule has 164 valence electrons. The molecule has 32 heavy (non-hydrogen) atoms. The number of halogens is 2. The predicted octanol–water partition coefficient (Wildman–Crippen LogP) is 7.47. The zero-order valence-electron chi connectivity index (χ0n) is 18.3. The van der Waals surface area contributed by atoms with Crippen molar-refractivity contribution in [3.63, 3.8) is 0 Å². The van der Waals surface area contributed by atoms with Crippen LogP contribution in [0.5, 0.6) is 5.75 Å². The molecule has 4 rings (SSSR count). The van der Waals surface area contributed by atoms with E-state index in [1.165, 1.54) is 15.9 Å². The Bertz CT molecular complexity index is 1080. The number of ether oxygens (including phenoxy) is 1. The summed E-state index contributed by atoms with van der Waals surface area (Å²) in [5.74, 6) is 0.722. The van der Waals surface area contributed by atoms with Gasteiger partial charge in [0.25, 0.3) is 0 Å². The van der Waals surface area contributed by atoms with Crippen molar-refractivity contribution >= 4 is 48.3 Å². The van der Waals surface area contributed by atoms with Gasteiger partial charge in [0.2, 0.25) is 0 Å². The molecular formula is C28H27BrClOP. The molecule has 0 bridgehead atoms. The van der Waals surface area contributed by atoms with Crippen LogP contribution in [0.4, 0.5) is 0 Å². The molecule has 0 amide bonds. The second-order valence-electron chi connectivity index (χ2n) is 8.28. The molecule has 0 aliphatic heterocycles. The maximum atomic E-state index is 6.66. The van der Waals surface area contributed by atoms with Crippen molar-refractivity contribution in [1.29, 1.82) is 0 Å². The molecule has 0 radical (unpaired) electrons. The molecule has 0 aliphatic rings. The van der Waals surface area contributed by atoms with Crippen molar-refractivity contribution in [2.24, 2.45) is 0 Å². The standard InChI is InChI=1S/C28H27BrClOP/c1-22(2)31-28-19-18-23(20-27(28)30)21-32(29,24-12-6-3-7-13-24,25-14-8-4-9-15-25)26-16-10-5-11-17-26/h3-20,22H,21H2,1-2H3. The van der Waals surface area contributed by atoms with Crippen LogP contribution in [0.1, 0.15) is 19.4 Å². The predicted molar refractivity (Wildman–Crippen MR) is 145 cm³/mol. The second kappa shape index (κ2) is 9.40. The molecule has 4 heteroatoms. The fourth-order valence-electron chi connectivity index (χ4n) is 4.27. The molecule has 0 spiro atoms. The zero-order valence-corrected chi connectivity index (χ0v) is 21.5. The number of rotatable bonds is 7. The van der Waals surface area contributed by atoms with E-state index in [4.69, 9.17) is 16.3 Å². The van der Waals surface area contributed by atoms with Crippen molar-refractivity contribution in [3.05, 3.63) is 120 Å². The van der Waals surface area contributed by atoms with Gasteiger partial charge in [0.05, 0.1) is 0 Å². The molecule has 0 atom stereocenters. The van der Waals surface area contributed by atoms with Crippen molar-refractivity contribution in [1.82, 2.24) is 0 Å². The molecule has 0 saturated carbocycles. The summed E-state index contributed by atoms with van der Waals surface area (Å²) < 4.78 is 5.88. The van der Waals surface area contributed by atoms with E-state index < -0.39 is 5.31 Å². The molecule has 0 aromatic heterocycles. The van der Waals surface area contributed by atoms with Crippen LogP contribution in [-0.4, -0.2) is 6.10 Å². The molecule has 4 aromatic carbocycles. The van der Waals surface area contributed by atoms with Crippen molar-refractivity contribution < 1.29 is 4.74 Å². The fraction of sp³-hybridized carbons (Fsp3) is 0.143. The van der Waals surface area contributed by atoms with E-state index in [0.717, 1.165) is 17.5 Å². The Labute approximate surface area is 204 Å². The normalized spacial score (nSPS) is 12.8. The van der Waals surface area contributed by atoms with Crippen LogP contribution in [0.3, 0.4) is 0 Å². The Morgan fingerprint density at radius 2 is 1.16 bits per heavy atom. The molecule has 0 N–H and O–H groups in total. The monoisotopic (exact) mass is 524 g/mol. The quantitative estimate of drug-likeness (QED) is 0.227. The van der Waals surface area contributed by atoms with Gasteiger partial charge in [0, 0.05) is 0 Å². The third kappa shape index (κ3) is 4.25. The van der Waals surface area contributed by atoms with Crippen LogP contribution >= 0.6 is 32.4 Å². The molecule has 4 aromatic rings. The molecule has 0 fully saturated rings. The molecule has 1 nitrogen and oxygen atoms in total. The SMILES string of the molecule is CC(C)Oc1ccc(CP(Br)(c2ccccc2)(c2ccccc2)c2ccccc2)cc1Cl. The Morgan fingerprint density at radius 3 is 1.53 bits per heavy atom. The Hall–Kier alpha value is -2.12. The maximum absolute atomic E-state index is 6.66. The van der Waals surface area contributed by atoms with Gasteiger partial charge < -0.3 is 0 Å². The van der Waals surface area contributed by atoms with Gasteiger partial charge in [0.15, 0.2) is 0 Å². The van der Waals surface area contributed by atoms with E-state index in [1.807, 2.05) is 19.9 Å². The van der Waals surface area contributed by atoms with E-state index in [1.54, 1.807) is 0 Å². The second-order valence-corrected chi connectivity index (χ2v) is 17.6. The summed E-state index contributed by atoms with van der Waals surface area (Å²) in [6, 6.07) is 38.6. The molecule has 0 unspecified atom stereocenters. The first-order valence-corrected chi connectivity index (χ1v) is 15.6. The van der Waals surface area contributed by atoms with Gasteiger partial charge >= 0.3 is 205 Å². The number of hydrogen-bond donors (Lipinski definition) is 0. The Balaban J connectivity index is 1.97. The van der Waals surface area contributed by atoms with E-state index in [2.05, 4.69) is 119 Å². The van der Waals surface area contributed by atoms with E-state index in [0.29, 0.717) is 5.02 Å². The third-order valence-electron chi connectivity index (χ3n) is 5.72. The minimum atomic E-state index is -3.04. The van der Waals surface area contributed by atoms with Gasteiger partial charge in [-0.05, 0) is 0 Å². The summed E-state index contributed by atoms with van der Waals surface area (Å²) in [5, 5.41) is 1.46. The molecular weight excluding hydrogens is 499 g/mol. The van der Waals surface area contributed by atoms with Crippen LogP contribution in [0.2, 0.25) is 5.02 Å². The van der Waals surface area contributed by atoms with Crippen LogP contribution in [0, 0.1) is 0 Å². The average Bonchev–Trinajstić information content (AvgIpc) is 2.82. The van der Waals surface area contributed by atoms with Gasteiger partial charge in [-0.15, -0.1) is 0 Å². The van der Waals surface area contributed by atoms with Crippen LogP contribution in [0.25, 0.3) is 0 Å². The van der Waals surface area contributed by atoms with Crippen LogP contribution in [0.15, 0.2) is 109 Å². The molecule has 0 saturated heterocycles. The first kappa shape index (κ1) is 23.1. The third-order valence-corrected chi connectivity index (χ3v) is 15.5. The van der Waals surface area contributed by atoms with Crippen molar-refractivity contribution in [2.45, 2.75) is 26.1 Å². The summed E-state index contributed by atoms with van der Waals surface area (Å²) in [4.78, 5) is 0. The van der Waals surface area contributed by atoms with Gasteiger partial charge in [-0.3, -0.25) is 0 Å². The Kier molecular flexibility index (Phi) is 6.77. The van der Waals surface area contributed by atoms with Gasteiger partial charge in [-0.25, -0.2) is 0 Å². The first-order chi connectivity index (χ1) is 15.4. The fourth-order valence-corrected chi connectivity index (χ4v) is 12.2. The summed E-state index contributed by atoms with van der Waals surface area (Å²) in [7, 11) is 0. The average molecular weight is 526 g/mol. The summed E-state index contributed by atoms with van der Waals surface area (Å²) in [5.41, 5.74) is 1.16. The van der Waals surface area contributed by atoms with E-state index >= 15 is 0 Å². The molecule has 0 aliphatic carbocycles. The Morgan fingerprint density at radius 1 is 0.719 bits per heavy atom. The van der Waals surface area contributed by atoms with Crippen molar-refractivity contribution in [3.8, 4) is 5.75 Å². The summed E-state index contributed by atoms with van der Waals surface area (Å²) in [6.45, 7) is 4.02. The zero-order chi connectivity index (χ0) is 22.6.